The molecule has 0 amide bonds. The molecular weight excluding hydrogens is 316 g/mol. The zero-order valence-corrected chi connectivity index (χ0v) is 12.3. The quantitative estimate of drug-likeness (QED) is 0.779. The largest absolute Gasteiger partial charge is 0.377 e. The van der Waals surface area contributed by atoms with E-state index in [4.69, 9.17) is 4.74 Å². The Morgan fingerprint density at radius 3 is 2.72 bits per heavy atom. The highest BCUT2D eigenvalue weighted by Crippen LogP contribution is 2.14. The van der Waals surface area contributed by atoms with E-state index < -0.39 is 10.8 Å². The van der Waals surface area contributed by atoms with E-state index in [9.17, 15) is 9.00 Å². The topological polar surface area (TPSA) is 43.4 Å². The van der Waals surface area contributed by atoms with Crippen LogP contribution in [0.1, 0.15) is 23.2 Å². The zero-order chi connectivity index (χ0) is 13.0. The number of benzene rings is 1. The molecule has 0 aromatic heterocycles. The average Bonchev–Trinajstić information content (AvgIpc) is 2.82. The molecule has 1 aliphatic rings. The highest BCUT2D eigenvalue weighted by Gasteiger charge is 2.20. The van der Waals surface area contributed by atoms with Crippen LogP contribution in [0.2, 0.25) is 0 Å². The van der Waals surface area contributed by atoms with Gasteiger partial charge in [0.2, 0.25) is 0 Å². The number of halogens is 1. The van der Waals surface area contributed by atoms with Crippen molar-refractivity contribution in [2.75, 3.05) is 18.1 Å². The summed E-state index contributed by atoms with van der Waals surface area (Å²) < 4.78 is 18.2. The maximum atomic E-state index is 11.9. The Bertz CT molecular complexity index is 438. The van der Waals surface area contributed by atoms with Gasteiger partial charge < -0.3 is 4.74 Å². The summed E-state index contributed by atoms with van der Waals surface area (Å²) in [5.41, 5.74) is 0.610. The fourth-order valence-corrected chi connectivity index (χ4v) is 3.43. The number of Topliss-reactive ketones (excluding diaryl/α,β-unsaturated/α-hetero) is 1. The van der Waals surface area contributed by atoms with Gasteiger partial charge in [0, 0.05) is 27.4 Å². The van der Waals surface area contributed by atoms with Crippen LogP contribution in [-0.2, 0) is 15.5 Å². The van der Waals surface area contributed by atoms with E-state index in [0.29, 0.717) is 11.3 Å². The van der Waals surface area contributed by atoms with Gasteiger partial charge in [-0.25, -0.2) is 0 Å². The molecule has 0 N–H and O–H groups in total. The molecule has 2 unspecified atom stereocenters. The summed E-state index contributed by atoms with van der Waals surface area (Å²) in [5.74, 6) is 0.489. The first-order valence-corrected chi connectivity index (χ1v) is 8.18. The number of ether oxygens (including phenoxy) is 1. The van der Waals surface area contributed by atoms with Crippen LogP contribution in [0.5, 0.6) is 0 Å². The van der Waals surface area contributed by atoms with E-state index in [2.05, 4.69) is 15.9 Å². The van der Waals surface area contributed by atoms with Crippen molar-refractivity contribution in [2.45, 2.75) is 18.9 Å². The van der Waals surface area contributed by atoms with Crippen molar-refractivity contribution in [1.29, 1.82) is 0 Å². The normalized spacial score (nSPS) is 20.8. The van der Waals surface area contributed by atoms with Crippen LogP contribution in [0.4, 0.5) is 0 Å². The number of carbonyl (C=O) groups is 1. The number of ketones is 1. The van der Waals surface area contributed by atoms with Crippen LogP contribution in [0.3, 0.4) is 0 Å². The third-order valence-corrected chi connectivity index (χ3v) is 4.71. The van der Waals surface area contributed by atoms with Gasteiger partial charge in [-0.1, -0.05) is 28.1 Å². The SMILES string of the molecule is O=C(CS(=O)CC1CCCO1)c1ccc(Br)cc1. The van der Waals surface area contributed by atoms with Crippen molar-refractivity contribution in [2.24, 2.45) is 0 Å². The molecule has 2 atom stereocenters. The predicted octanol–water partition coefficient (Wildman–Crippen LogP) is 2.56. The second-order valence-electron chi connectivity index (χ2n) is 4.32. The zero-order valence-electron chi connectivity index (χ0n) is 9.93. The molecule has 0 bridgehead atoms. The van der Waals surface area contributed by atoms with Gasteiger partial charge in [-0.2, -0.15) is 0 Å². The van der Waals surface area contributed by atoms with Gasteiger partial charge in [0.25, 0.3) is 0 Å². The molecule has 1 aliphatic heterocycles. The molecule has 0 radical (unpaired) electrons. The van der Waals surface area contributed by atoms with Crippen molar-refractivity contribution < 1.29 is 13.7 Å². The second kappa shape index (κ2) is 6.59. The smallest absolute Gasteiger partial charge is 0.175 e. The maximum Gasteiger partial charge on any atom is 0.175 e. The molecule has 1 aromatic rings. The molecule has 98 valence electrons. The minimum atomic E-state index is -1.13. The van der Waals surface area contributed by atoms with E-state index in [1.807, 2.05) is 12.1 Å². The van der Waals surface area contributed by atoms with Crippen molar-refractivity contribution >= 4 is 32.5 Å². The highest BCUT2D eigenvalue weighted by molar-refractivity contribution is 9.10. The number of carbonyl (C=O) groups excluding carboxylic acids is 1. The van der Waals surface area contributed by atoms with Gasteiger partial charge in [-0.05, 0) is 25.0 Å². The molecule has 18 heavy (non-hydrogen) atoms. The lowest BCUT2D eigenvalue weighted by Gasteiger charge is -2.08. The Kier molecular flexibility index (Phi) is 5.09. The molecule has 1 saturated heterocycles. The van der Waals surface area contributed by atoms with E-state index in [1.54, 1.807) is 12.1 Å². The van der Waals surface area contributed by atoms with Gasteiger partial charge in [0.05, 0.1) is 17.6 Å². The Balaban J connectivity index is 1.86. The summed E-state index contributed by atoms with van der Waals surface area (Å²) in [6, 6.07) is 7.12. The van der Waals surface area contributed by atoms with Crippen LogP contribution in [0.15, 0.2) is 28.7 Å². The van der Waals surface area contributed by atoms with Gasteiger partial charge in [0.15, 0.2) is 5.78 Å². The van der Waals surface area contributed by atoms with Gasteiger partial charge in [-0.15, -0.1) is 0 Å². The summed E-state index contributed by atoms with van der Waals surface area (Å²) >= 11 is 3.32. The summed E-state index contributed by atoms with van der Waals surface area (Å²) in [7, 11) is -1.13. The lowest BCUT2D eigenvalue weighted by atomic mass is 10.2. The lowest BCUT2D eigenvalue weighted by molar-refractivity contribution is 0.102. The van der Waals surface area contributed by atoms with Crippen LogP contribution in [-0.4, -0.2) is 34.2 Å². The number of rotatable bonds is 5. The Morgan fingerprint density at radius 1 is 1.39 bits per heavy atom. The average molecular weight is 331 g/mol. The van der Waals surface area contributed by atoms with Gasteiger partial charge in [0.1, 0.15) is 0 Å². The first-order valence-electron chi connectivity index (χ1n) is 5.90. The third kappa shape index (κ3) is 4.00. The summed E-state index contributed by atoms with van der Waals surface area (Å²) in [5, 5.41) is 0. The predicted molar refractivity (Wildman–Crippen MR) is 75.3 cm³/mol. The van der Waals surface area contributed by atoms with E-state index >= 15 is 0 Å². The van der Waals surface area contributed by atoms with Crippen LogP contribution in [0.25, 0.3) is 0 Å². The number of hydrogen-bond acceptors (Lipinski definition) is 3. The second-order valence-corrected chi connectivity index (χ2v) is 6.73. The molecule has 1 fully saturated rings. The fourth-order valence-electron chi connectivity index (χ4n) is 1.91. The standard InChI is InChI=1S/C13H15BrO3S/c14-11-5-3-10(4-6-11)13(15)9-18(16)8-12-2-1-7-17-12/h3-6,12H,1-2,7-9H2. The molecular formula is C13H15BrO3S. The van der Waals surface area contributed by atoms with Crippen LogP contribution < -0.4 is 0 Å². The minimum absolute atomic E-state index is 0.0705. The molecule has 5 heteroatoms. The number of hydrogen-bond donors (Lipinski definition) is 0. The summed E-state index contributed by atoms with van der Waals surface area (Å²) in [4.78, 5) is 11.9. The fraction of sp³-hybridized carbons (Fsp3) is 0.462. The monoisotopic (exact) mass is 330 g/mol. The summed E-state index contributed by atoms with van der Waals surface area (Å²) in [6.45, 7) is 0.753. The third-order valence-electron chi connectivity index (χ3n) is 2.85. The Labute approximate surface area is 117 Å². The molecule has 0 spiro atoms. The van der Waals surface area contributed by atoms with E-state index in [1.165, 1.54) is 0 Å². The molecule has 1 heterocycles. The maximum absolute atomic E-state index is 11.9. The molecule has 3 nitrogen and oxygen atoms in total. The van der Waals surface area contributed by atoms with E-state index in [-0.39, 0.29) is 17.6 Å². The molecule has 2 rings (SSSR count). The first-order chi connectivity index (χ1) is 8.65. The van der Waals surface area contributed by atoms with Gasteiger partial charge >= 0.3 is 0 Å². The lowest BCUT2D eigenvalue weighted by Crippen LogP contribution is -2.21. The minimum Gasteiger partial charge on any atom is -0.377 e. The highest BCUT2D eigenvalue weighted by atomic mass is 79.9. The first kappa shape index (κ1) is 13.9. The molecule has 1 aromatic carbocycles. The van der Waals surface area contributed by atoms with Crippen LogP contribution >= 0.6 is 15.9 Å². The van der Waals surface area contributed by atoms with Crippen molar-refractivity contribution in [3.63, 3.8) is 0 Å². The van der Waals surface area contributed by atoms with Crippen molar-refractivity contribution in [3.05, 3.63) is 34.3 Å². The Morgan fingerprint density at radius 2 is 2.11 bits per heavy atom. The van der Waals surface area contributed by atoms with E-state index in [0.717, 1.165) is 23.9 Å². The molecule has 0 aliphatic carbocycles. The van der Waals surface area contributed by atoms with Crippen molar-refractivity contribution in [1.82, 2.24) is 0 Å². The van der Waals surface area contributed by atoms with Crippen molar-refractivity contribution in [3.8, 4) is 0 Å². The summed E-state index contributed by atoms with van der Waals surface area (Å²) in [6.07, 6.45) is 2.06. The Hall–Kier alpha value is -0.520. The van der Waals surface area contributed by atoms with Crippen LogP contribution in [0, 0.1) is 0 Å². The van der Waals surface area contributed by atoms with Gasteiger partial charge in [-0.3, -0.25) is 9.00 Å². The molecule has 0 saturated carbocycles.